The van der Waals surface area contributed by atoms with Crippen LogP contribution in [0, 0.1) is 0 Å². The van der Waals surface area contributed by atoms with Crippen molar-refractivity contribution < 1.29 is 0 Å². The Morgan fingerprint density at radius 1 is 1.38 bits per heavy atom. The maximum absolute atomic E-state index is 3.52. The van der Waals surface area contributed by atoms with Crippen LogP contribution in [0.3, 0.4) is 0 Å². The standard InChI is InChI=1S/C13H24N2S/c1-4-12-7-9-16-13(12)10-14-8-6-11(3)15-5-2/h7,9,11,14-15H,4-6,8,10H2,1-3H3. The quantitative estimate of drug-likeness (QED) is 0.683. The van der Waals surface area contributed by atoms with Gasteiger partial charge in [-0.25, -0.2) is 0 Å². The van der Waals surface area contributed by atoms with Gasteiger partial charge in [0, 0.05) is 17.5 Å². The van der Waals surface area contributed by atoms with Gasteiger partial charge < -0.3 is 10.6 Å². The van der Waals surface area contributed by atoms with Gasteiger partial charge in [0.05, 0.1) is 0 Å². The molecule has 2 N–H and O–H groups in total. The maximum Gasteiger partial charge on any atom is 0.0302 e. The summed E-state index contributed by atoms with van der Waals surface area (Å²) in [6.07, 6.45) is 2.34. The van der Waals surface area contributed by atoms with E-state index in [-0.39, 0.29) is 0 Å². The molecule has 0 fully saturated rings. The highest BCUT2D eigenvalue weighted by atomic mass is 32.1. The molecule has 2 nitrogen and oxygen atoms in total. The molecule has 0 aliphatic heterocycles. The molecule has 1 rings (SSSR count). The summed E-state index contributed by atoms with van der Waals surface area (Å²) in [5.41, 5.74) is 1.50. The first kappa shape index (κ1) is 13.7. The summed E-state index contributed by atoms with van der Waals surface area (Å²) in [4.78, 5) is 1.50. The van der Waals surface area contributed by atoms with E-state index in [9.17, 15) is 0 Å². The van der Waals surface area contributed by atoms with Crippen LogP contribution in [-0.2, 0) is 13.0 Å². The summed E-state index contributed by atoms with van der Waals surface area (Å²) in [5.74, 6) is 0. The van der Waals surface area contributed by atoms with Gasteiger partial charge in [0.15, 0.2) is 0 Å². The van der Waals surface area contributed by atoms with Gasteiger partial charge in [-0.2, -0.15) is 0 Å². The molecule has 0 aromatic carbocycles. The molecular formula is C13H24N2S. The van der Waals surface area contributed by atoms with E-state index in [0.717, 1.165) is 26.1 Å². The van der Waals surface area contributed by atoms with E-state index in [1.54, 1.807) is 0 Å². The normalized spacial score (nSPS) is 12.9. The Bertz CT molecular complexity index is 283. The van der Waals surface area contributed by atoms with E-state index in [0.29, 0.717) is 6.04 Å². The number of rotatable bonds is 8. The van der Waals surface area contributed by atoms with E-state index in [2.05, 4.69) is 42.9 Å². The Labute approximate surface area is 103 Å². The van der Waals surface area contributed by atoms with Crippen LogP contribution in [0.25, 0.3) is 0 Å². The third-order valence-corrected chi connectivity index (χ3v) is 3.77. The van der Waals surface area contributed by atoms with Crippen LogP contribution in [0.5, 0.6) is 0 Å². The molecule has 0 radical (unpaired) electrons. The van der Waals surface area contributed by atoms with Gasteiger partial charge >= 0.3 is 0 Å². The second kappa shape index (κ2) is 7.82. The van der Waals surface area contributed by atoms with Gasteiger partial charge in [-0.15, -0.1) is 11.3 Å². The second-order valence-corrected chi connectivity index (χ2v) is 5.15. The SMILES string of the molecule is CCNC(C)CCNCc1sccc1CC. The lowest BCUT2D eigenvalue weighted by molar-refractivity contribution is 0.505. The fourth-order valence-electron chi connectivity index (χ4n) is 1.81. The van der Waals surface area contributed by atoms with Gasteiger partial charge in [0.25, 0.3) is 0 Å². The van der Waals surface area contributed by atoms with Crippen molar-refractivity contribution in [3.8, 4) is 0 Å². The first-order valence-corrected chi connectivity index (χ1v) is 7.15. The maximum atomic E-state index is 3.52. The predicted octanol–water partition coefficient (Wildman–Crippen LogP) is 2.79. The molecule has 1 aromatic heterocycles. The Kier molecular flexibility index (Phi) is 6.69. The molecule has 92 valence electrons. The van der Waals surface area contributed by atoms with Crippen molar-refractivity contribution in [2.45, 2.75) is 46.2 Å². The molecule has 0 saturated heterocycles. The van der Waals surface area contributed by atoms with Gasteiger partial charge in [0.1, 0.15) is 0 Å². The van der Waals surface area contributed by atoms with Crippen molar-refractivity contribution in [1.82, 2.24) is 10.6 Å². The third-order valence-electron chi connectivity index (χ3n) is 2.81. The molecule has 1 heterocycles. The lowest BCUT2D eigenvalue weighted by atomic mass is 10.2. The molecule has 0 spiro atoms. The van der Waals surface area contributed by atoms with Gasteiger partial charge in [0.2, 0.25) is 0 Å². The summed E-state index contributed by atoms with van der Waals surface area (Å²) < 4.78 is 0. The number of thiophene rings is 1. The Hall–Kier alpha value is -0.380. The molecule has 0 amide bonds. The summed E-state index contributed by atoms with van der Waals surface area (Å²) in [6.45, 7) is 9.80. The van der Waals surface area contributed by atoms with Crippen molar-refractivity contribution in [1.29, 1.82) is 0 Å². The lowest BCUT2D eigenvalue weighted by Crippen LogP contribution is -2.29. The van der Waals surface area contributed by atoms with E-state index in [4.69, 9.17) is 0 Å². The number of aryl methyl sites for hydroxylation is 1. The smallest absolute Gasteiger partial charge is 0.0302 e. The molecule has 0 saturated carbocycles. The molecule has 0 aliphatic carbocycles. The van der Waals surface area contributed by atoms with E-state index in [1.807, 2.05) is 11.3 Å². The predicted molar refractivity (Wildman–Crippen MR) is 73.2 cm³/mol. The Morgan fingerprint density at radius 2 is 2.19 bits per heavy atom. The zero-order valence-electron chi connectivity index (χ0n) is 10.7. The Balaban J connectivity index is 2.16. The minimum Gasteiger partial charge on any atom is -0.314 e. The van der Waals surface area contributed by atoms with Crippen LogP contribution in [0.1, 0.15) is 37.6 Å². The fraction of sp³-hybridized carbons (Fsp3) is 0.692. The third kappa shape index (κ3) is 4.64. The Morgan fingerprint density at radius 3 is 2.88 bits per heavy atom. The van der Waals surface area contributed by atoms with E-state index in [1.165, 1.54) is 16.9 Å². The van der Waals surface area contributed by atoms with Crippen molar-refractivity contribution in [2.24, 2.45) is 0 Å². The lowest BCUT2D eigenvalue weighted by Gasteiger charge is -2.12. The topological polar surface area (TPSA) is 24.1 Å². The first-order valence-electron chi connectivity index (χ1n) is 6.27. The minimum absolute atomic E-state index is 0.617. The largest absolute Gasteiger partial charge is 0.314 e. The molecule has 3 heteroatoms. The number of nitrogens with one attached hydrogen (secondary N) is 2. The summed E-state index contributed by atoms with van der Waals surface area (Å²) in [7, 11) is 0. The monoisotopic (exact) mass is 240 g/mol. The van der Waals surface area contributed by atoms with Crippen LogP contribution in [0.15, 0.2) is 11.4 Å². The molecule has 1 unspecified atom stereocenters. The molecule has 0 aliphatic rings. The molecule has 16 heavy (non-hydrogen) atoms. The zero-order valence-corrected chi connectivity index (χ0v) is 11.5. The van der Waals surface area contributed by atoms with Gasteiger partial charge in [-0.05, 0) is 49.9 Å². The van der Waals surface area contributed by atoms with E-state index >= 15 is 0 Å². The van der Waals surface area contributed by atoms with Crippen LogP contribution < -0.4 is 10.6 Å². The van der Waals surface area contributed by atoms with Crippen LogP contribution >= 0.6 is 11.3 Å². The van der Waals surface area contributed by atoms with Crippen LogP contribution in [0.4, 0.5) is 0 Å². The van der Waals surface area contributed by atoms with Crippen molar-refractivity contribution in [3.05, 3.63) is 21.9 Å². The number of hydrogen-bond acceptors (Lipinski definition) is 3. The van der Waals surface area contributed by atoms with Crippen LogP contribution in [0.2, 0.25) is 0 Å². The highest BCUT2D eigenvalue weighted by Gasteiger charge is 2.02. The summed E-state index contributed by atoms with van der Waals surface area (Å²) >= 11 is 1.87. The first-order chi connectivity index (χ1) is 7.77. The average Bonchev–Trinajstić information content (AvgIpc) is 2.72. The molecule has 0 bridgehead atoms. The van der Waals surface area contributed by atoms with Crippen molar-refractivity contribution in [2.75, 3.05) is 13.1 Å². The van der Waals surface area contributed by atoms with Gasteiger partial charge in [-0.3, -0.25) is 0 Å². The minimum atomic E-state index is 0.617. The average molecular weight is 240 g/mol. The molecule has 1 atom stereocenters. The highest BCUT2D eigenvalue weighted by Crippen LogP contribution is 2.16. The number of hydrogen-bond donors (Lipinski definition) is 2. The van der Waals surface area contributed by atoms with Crippen molar-refractivity contribution >= 4 is 11.3 Å². The molecule has 1 aromatic rings. The molecular weight excluding hydrogens is 216 g/mol. The fourth-order valence-corrected chi connectivity index (χ4v) is 2.75. The van der Waals surface area contributed by atoms with Crippen molar-refractivity contribution in [3.63, 3.8) is 0 Å². The van der Waals surface area contributed by atoms with Crippen LogP contribution in [-0.4, -0.2) is 19.1 Å². The van der Waals surface area contributed by atoms with Gasteiger partial charge in [-0.1, -0.05) is 13.8 Å². The van der Waals surface area contributed by atoms with E-state index < -0.39 is 0 Å². The second-order valence-electron chi connectivity index (χ2n) is 4.15. The summed E-state index contributed by atoms with van der Waals surface area (Å²) in [5, 5.41) is 9.14. The summed E-state index contributed by atoms with van der Waals surface area (Å²) in [6, 6.07) is 2.86. The highest BCUT2D eigenvalue weighted by molar-refractivity contribution is 7.10. The zero-order chi connectivity index (χ0) is 11.8.